The molecule has 5 nitrogen and oxygen atoms in total. The van der Waals surface area contributed by atoms with E-state index in [1.807, 2.05) is 14.0 Å². The van der Waals surface area contributed by atoms with Gasteiger partial charge in [-0.3, -0.25) is 4.21 Å². The molecular formula is C13H20N4OS2. The summed E-state index contributed by atoms with van der Waals surface area (Å²) in [4.78, 5) is 11.2. The van der Waals surface area contributed by atoms with Gasteiger partial charge in [-0.2, -0.15) is 4.98 Å². The summed E-state index contributed by atoms with van der Waals surface area (Å²) in [7, 11) is 0.984. The van der Waals surface area contributed by atoms with Crippen molar-refractivity contribution in [2.75, 3.05) is 29.7 Å². The third-order valence-electron chi connectivity index (χ3n) is 2.88. The van der Waals surface area contributed by atoms with Gasteiger partial charge < -0.3 is 10.6 Å². The Labute approximate surface area is 125 Å². The van der Waals surface area contributed by atoms with E-state index in [0.29, 0.717) is 11.7 Å². The molecule has 0 aromatic carbocycles. The van der Waals surface area contributed by atoms with Gasteiger partial charge in [-0.1, -0.05) is 6.92 Å². The number of thiophene rings is 1. The molecule has 0 spiro atoms. The smallest absolute Gasteiger partial charge is 0.225 e. The van der Waals surface area contributed by atoms with Crippen LogP contribution in [0.15, 0.2) is 6.07 Å². The Morgan fingerprint density at radius 3 is 2.80 bits per heavy atom. The van der Waals surface area contributed by atoms with E-state index in [1.165, 1.54) is 4.88 Å². The Kier molecular flexibility index (Phi) is 4.93. The second-order valence-electron chi connectivity index (χ2n) is 4.72. The Morgan fingerprint density at radius 1 is 1.45 bits per heavy atom. The number of anilines is 2. The predicted molar refractivity (Wildman–Crippen MR) is 88.4 cm³/mol. The van der Waals surface area contributed by atoms with E-state index < -0.39 is 10.8 Å². The van der Waals surface area contributed by atoms with E-state index in [0.717, 1.165) is 22.5 Å². The highest BCUT2D eigenvalue weighted by molar-refractivity contribution is 7.84. The SMILES string of the molecule is CCc1cc2c(NC(C)CS(C)=O)nc(NC)nc2s1. The predicted octanol–water partition coefficient (Wildman–Crippen LogP) is 2.47. The fraction of sp³-hybridized carbons (Fsp3) is 0.538. The van der Waals surface area contributed by atoms with E-state index in [1.54, 1.807) is 17.6 Å². The summed E-state index contributed by atoms with van der Waals surface area (Å²) in [6.45, 7) is 4.15. The molecule has 110 valence electrons. The zero-order valence-corrected chi connectivity index (χ0v) is 13.8. The number of rotatable bonds is 6. The van der Waals surface area contributed by atoms with Crippen LogP contribution in [0.25, 0.3) is 10.2 Å². The lowest BCUT2D eigenvalue weighted by molar-refractivity contribution is 0.683. The molecule has 2 atom stereocenters. The number of hydrogen-bond acceptors (Lipinski definition) is 6. The van der Waals surface area contributed by atoms with E-state index in [2.05, 4.69) is 33.6 Å². The van der Waals surface area contributed by atoms with Crippen LogP contribution in [0.3, 0.4) is 0 Å². The molecule has 2 aromatic rings. The van der Waals surface area contributed by atoms with Crippen molar-refractivity contribution in [1.29, 1.82) is 0 Å². The lowest BCUT2D eigenvalue weighted by Gasteiger charge is -2.14. The summed E-state index contributed by atoms with van der Waals surface area (Å²) in [5.74, 6) is 2.02. The van der Waals surface area contributed by atoms with Crippen LogP contribution in [0.1, 0.15) is 18.7 Å². The van der Waals surface area contributed by atoms with Crippen molar-refractivity contribution in [2.24, 2.45) is 0 Å². The zero-order chi connectivity index (χ0) is 14.7. The summed E-state index contributed by atoms with van der Waals surface area (Å²) < 4.78 is 11.3. The van der Waals surface area contributed by atoms with Gasteiger partial charge in [-0.25, -0.2) is 4.98 Å². The Morgan fingerprint density at radius 2 is 2.20 bits per heavy atom. The molecular weight excluding hydrogens is 292 g/mol. The number of nitrogens with zero attached hydrogens (tertiary/aromatic N) is 2. The van der Waals surface area contributed by atoms with E-state index in [9.17, 15) is 4.21 Å². The summed E-state index contributed by atoms with van der Waals surface area (Å²) in [6.07, 6.45) is 2.70. The second kappa shape index (κ2) is 6.49. The molecule has 0 aliphatic rings. The molecule has 2 aromatic heterocycles. The van der Waals surface area contributed by atoms with Gasteiger partial charge in [0.2, 0.25) is 5.95 Å². The summed E-state index contributed by atoms with van der Waals surface area (Å²) >= 11 is 1.69. The first-order chi connectivity index (χ1) is 9.53. The molecule has 2 heterocycles. The maximum Gasteiger partial charge on any atom is 0.225 e. The van der Waals surface area contributed by atoms with E-state index >= 15 is 0 Å². The third kappa shape index (κ3) is 3.46. The van der Waals surface area contributed by atoms with Crippen molar-refractivity contribution in [3.63, 3.8) is 0 Å². The van der Waals surface area contributed by atoms with Gasteiger partial charge >= 0.3 is 0 Å². The van der Waals surface area contributed by atoms with Gasteiger partial charge in [0.15, 0.2) is 0 Å². The molecule has 2 N–H and O–H groups in total. The molecule has 0 saturated heterocycles. The van der Waals surface area contributed by atoms with Crippen molar-refractivity contribution < 1.29 is 4.21 Å². The van der Waals surface area contributed by atoms with Gasteiger partial charge in [0, 0.05) is 40.8 Å². The van der Waals surface area contributed by atoms with Crippen LogP contribution in [0, 0.1) is 0 Å². The third-order valence-corrected chi connectivity index (χ3v) is 5.03. The van der Waals surface area contributed by atoms with Crippen LogP contribution in [0.5, 0.6) is 0 Å². The molecule has 20 heavy (non-hydrogen) atoms. The largest absolute Gasteiger partial charge is 0.366 e. The number of aromatic nitrogens is 2. The summed E-state index contributed by atoms with van der Waals surface area (Å²) in [6, 6.07) is 2.24. The van der Waals surface area contributed by atoms with Crippen LogP contribution >= 0.6 is 11.3 Å². The highest BCUT2D eigenvalue weighted by Crippen LogP contribution is 2.30. The quantitative estimate of drug-likeness (QED) is 0.858. The van der Waals surface area contributed by atoms with Crippen molar-refractivity contribution in [3.8, 4) is 0 Å². The van der Waals surface area contributed by atoms with Gasteiger partial charge in [-0.05, 0) is 19.4 Å². The highest BCUT2D eigenvalue weighted by Gasteiger charge is 2.13. The Hall–Kier alpha value is -1.21. The van der Waals surface area contributed by atoms with E-state index in [-0.39, 0.29) is 6.04 Å². The Bertz CT molecular complexity index is 626. The van der Waals surface area contributed by atoms with Gasteiger partial charge in [0.05, 0.1) is 5.39 Å². The minimum atomic E-state index is -0.825. The van der Waals surface area contributed by atoms with Gasteiger partial charge in [-0.15, -0.1) is 11.3 Å². The first-order valence-electron chi connectivity index (χ1n) is 6.58. The van der Waals surface area contributed by atoms with Crippen LogP contribution in [-0.4, -0.2) is 39.3 Å². The molecule has 0 bridgehead atoms. The Balaban J connectivity index is 2.38. The molecule has 0 amide bonds. The molecule has 2 rings (SSSR count). The fourth-order valence-corrected chi connectivity index (χ4v) is 3.75. The number of hydrogen-bond donors (Lipinski definition) is 2. The van der Waals surface area contributed by atoms with Crippen LogP contribution in [0.2, 0.25) is 0 Å². The molecule has 0 radical (unpaired) electrons. The average Bonchev–Trinajstić information content (AvgIpc) is 2.80. The molecule has 0 aliphatic carbocycles. The second-order valence-corrected chi connectivity index (χ2v) is 7.31. The first-order valence-corrected chi connectivity index (χ1v) is 9.12. The van der Waals surface area contributed by atoms with Crippen molar-refractivity contribution in [1.82, 2.24) is 9.97 Å². The van der Waals surface area contributed by atoms with Gasteiger partial charge in [0.1, 0.15) is 10.6 Å². The minimum Gasteiger partial charge on any atom is -0.366 e. The standard InChI is InChI=1S/C13H20N4OS2/c1-5-9-6-10-11(15-8(2)7-20(4)18)16-13(14-3)17-12(10)19-9/h6,8H,5,7H2,1-4H3,(H2,14,15,16,17). The molecule has 2 unspecified atom stereocenters. The zero-order valence-electron chi connectivity index (χ0n) is 12.2. The normalized spacial score (nSPS) is 14.2. The number of nitrogens with one attached hydrogen (secondary N) is 2. The lowest BCUT2D eigenvalue weighted by Crippen LogP contribution is -2.23. The fourth-order valence-electron chi connectivity index (χ4n) is 1.99. The van der Waals surface area contributed by atoms with Crippen LogP contribution < -0.4 is 10.6 Å². The maximum atomic E-state index is 11.3. The van der Waals surface area contributed by atoms with Crippen molar-refractivity contribution in [2.45, 2.75) is 26.3 Å². The maximum absolute atomic E-state index is 11.3. The average molecular weight is 312 g/mol. The summed E-state index contributed by atoms with van der Waals surface area (Å²) in [5.41, 5.74) is 0. The molecule has 0 fully saturated rings. The van der Waals surface area contributed by atoms with E-state index in [4.69, 9.17) is 0 Å². The topological polar surface area (TPSA) is 66.9 Å². The highest BCUT2D eigenvalue weighted by atomic mass is 32.2. The number of fused-ring (bicyclic) bond motifs is 1. The molecule has 7 heteroatoms. The minimum absolute atomic E-state index is 0.105. The van der Waals surface area contributed by atoms with Crippen molar-refractivity contribution in [3.05, 3.63) is 10.9 Å². The number of aryl methyl sites for hydroxylation is 1. The first kappa shape index (κ1) is 15.2. The molecule has 0 saturated carbocycles. The monoisotopic (exact) mass is 312 g/mol. The molecule has 0 aliphatic heterocycles. The van der Waals surface area contributed by atoms with Gasteiger partial charge in [0.25, 0.3) is 0 Å². The van der Waals surface area contributed by atoms with Crippen molar-refractivity contribution >= 4 is 44.1 Å². The summed E-state index contributed by atoms with van der Waals surface area (Å²) in [5, 5.41) is 7.38. The van der Waals surface area contributed by atoms with Crippen LogP contribution in [-0.2, 0) is 17.2 Å². The van der Waals surface area contributed by atoms with Crippen LogP contribution in [0.4, 0.5) is 11.8 Å². The lowest BCUT2D eigenvalue weighted by atomic mass is 10.3.